The van der Waals surface area contributed by atoms with E-state index >= 15 is 0 Å². The number of hydrogen-bond donors (Lipinski definition) is 0. The fraction of sp³-hybridized carbons (Fsp3) is 0.318. The van der Waals surface area contributed by atoms with Gasteiger partial charge in [0.1, 0.15) is 0 Å². The van der Waals surface area contributed by atoms with Crippen molar-refractivity contribution in [2.24, 2.45) is 13.0 Å². The van der Waals surface area contributed by atoms with Gasteiger partial charge in [-0.2, -0.15) is 4.31 Å². The maximum Gasteiger partial charge on any atom is 0.255 e. The van der Waals surface area contributed by atoms with Gasteiger partial charge in [-0.15, -0.1) is 0 Å². The summed E-state index contributed by atoms with van der Waals surface area (Å²) in [6, 6.07) is 13.7. The number of fused-ring (bicyclic) bond motifs is 1. The van der Waals surface area contributed by atoms with E-state index in [0.29, 0.717) is 29.6 Å². The summed E-state index contributed by atoms with van der Waals surface area (Å²) >= 11 is 0. The zero-order chi connectivity index (χ0) is 21.6. The Morgan fingerprint density at radius 3 is 2.52 bits per heavy atom. The highest BCUT2D eigenvalue weighted by Crippen LogP contribution is 2.36. The summed E-state index contributed by atoms with van der Waals surface area (Å²) in [7, 11) is -1.83. The van der Waals surface area contributed by atoms with E-state index in [1.807, 2.05) is 12.1 Å². The summed E-state index contributed by atoms with van der Waals surface area (Å²) in [6.45, 7) is 1.61. The van der Waals surface area contributed by atoms with Crippen molar-refractivity contribution < 1.29 is 8.42 Å². The second kappa shape index (κ2) is 7.58. The van der Waals surface area contributed by atoms with Crippen LogP contribution in [0.3, 0.4) is 0 Å². The Morgan fingerprint density at radius 1 is 1.03 bits per heavy atom. The SMILES string of the molecule is Cn1c(N2CC[C@@H]3CN(S(=O)(=O)c4ccccc4)C[C@@H]32)nc(-c2ccncc2)cc1=O. The molecule has 2 atom stereocenters. The second-order valence-electron chi connectivity index (χ2n) is 8.02. The first kappa shape index (κ1) is 19.9. The van der Waals surface area contributed by atoms with Gasteiger partial charge in [0.2, 0.25) is 16.0 Å². The van der Waals surface area contributed by atoms with Crippen molar-refractivity contribution in [1.82, 2.24) is 18.8 Å². The normalized spacial score (nSPS) is 21.4. The average Bonchev–Trinajstić information content (AvgIpc) is 3.38. The quantitative estimate of drug-likeness (QED) is 0.618. The molecule has 0 N–H and O–H groups in total. The lowest BCUT2D eigenvalue weighted by atomic mass is 10.1. The molecule has 0 aliphatic carbocycles. The minimum Gasteiger partial charge on any atom is -0.338 e. The van der Waals surface area contributed by atoms with E-state index in [0.717, 1.165) is 18.5 Å². The number of hydrogen-bond acceptors (Lipinski definition) is 6. The topological polar surface area (TPSA) is 88.4 Å². The molecule has 0 amide bonds. The predicted molar refractivity (Wildman–Crippen MR) is 117 cm³/mol. The van der Waals surface area contributed by atoms with Gasteiger partial charge in [-0.3, -0.25) is 14.3 Å². The van der Waals surface area contributed by atoms with Crippen LogP contribution in [0.25, 0.3) is 11.3 Å². The smallest absolute Gasteiger partial charge is 0.255 e. The van der Waals surface area contributed by atoms with Crippen molar-refractivity contribution in [3.63, 3.8) is 0 Å². The zero-order valence-electron chi connectivity index (χ0n) is 17.1. The third kappa shape index (κ3) is 3.43. The average molecular weight is 438 g/mol. The van der Waals surface area contributed by atoms with Gasteiger partial charge in [0.15, 0.2) is 0 Å². The minimum absolute atomic E-state index is 0.00993. The Kier molecular flexibility index (Phi) is 4.86. The van der Waals surface area contributed by atoms with Crippen molar-refractivity contribution in [3.05, 3.63) is 71.3 Å². The maximum atomic E-state index is 13.1. The van der Waals surface area contributed by atoms with Gasteiger partial charge in [-0.1, -0.05) is 18.2 Å². The van der Waals surface area contributed by atoms with Crippen molar-refractivity contribution in [2.75, 3.05) is 24.5 Å². The van der Waals surface area contributed by atoms with Gasteiger partial charge in [0.25, 0.3) is 5.56 Å². The maximum absolute atomic E-state index is 13.1. The third-order valence-electron chi connectivity index (χ3n) is 6.24. The van der Waals surface area contributed by atoms with Crippen molar-refractivity contribution in [3.8, 4) is 11.3 Å². The van der Waals surface area contributed by atoms with Crippen LogP contribution in [-0.4, -0.2) is 52.9 Å². The van der Waals surface area contributed by atoms with E-state index in [9.17, 15) is 13.2 Å². The van der Waals surface area contributed by atoms with Crippen LogP contribution < -0.4 is 10.5 Å². The van der Waals surface area contributed by atoms with Gasteiger partial charge in [-0.05, 0) is 36.6 Å². The number of sulfonamides is 1. The first-order chi connectivity index (χ1) is 14.9. The van der Waals surface area contributed by atoms with Gasteiger partial charge < -0.3 is 4.90 Å². The summed E-state index contributed by atoms with van der Waals surface area (Å²) in [6.07, 6.45) is 4.20. The number of pyridine rings is 1. The molecule has 0 spiro atoms. The molecule has 1 aromatic carbocycles. The Bertz CT molecular complexity index is 1260. The van der Waals surface area contributed by atoms with Crippen LogP contribution in [0.15, 0.2) is 70.6 Å². The largest absolute Gasteiger partial charge is 0.338 e. The monoisotopic (exact) mass is 437 g/mol. The molecule has 0 bridgehead atoms. The summed E-state index contributed by atoms with van der Waals surface area (Å²) in [4.78, 5) is 23.9. The Labute approximate surface area is 180 Å². The standard InChI is InChI=1S/C22H23N5O3S/c1-25-21(28)13-19(16-7-10-23-11-8-16)24-22(25)27-12-9-17-14-26(15-20(17)27)31(29,30)18-5-3-2-4-6-18/h2-8,10-11,13,17,20H,9,12,14-15H2,1H3/t17-,20+/m1/s1. The Hall–Kier alpha value is -3.04. The molecule has 8 nitrogen and oxygen atoms in total. The van der Waals surface area contributed by atoms with Gasteiger partial charge in [0.05, 0.1) is 10.6 Å². The number of nitrogens with zero attached hydrogens (tertiary/aromatic N) is 5. The van der Waals surface area contributed by atoms with Crippen LogP contribution in [0.2, 0.25) is 0 Å². The lowest BCUT2D eigenvalue weighted by Gasteiger charge is -2.27. The zero-order valence-corrected chi connectivity index (χ0v) is 17.9. The van der Waals surface area contributed by atoms with Crippen LogP contribution in [0.5, 0.6) is 0 Å². The molecule has 3 aromatic rings. The van der Waals surface area contributed by atoms with Gasteiger partial charge in [-0.25, -0.2) is 13.4 Å². The summed E-state index contributed by atoms with van der Waals surface area (Å²) < 4.78 is 29.3. The molecule has 0 unspecified atom stereocenters. The molecule has 2 aliphatic heterocycles. The van der Waals surface area contributed by atoms with Crippen LogP contribution in [-0.2, 0) is 17.1 Å². The molecular formula is C22H23N5O3S. The molecule has 2 fully saturated rings. The number of rotatable bonds is 4. The molecule has 0 saturated carbocycles. The molecular weight excluding hydrogens is 414 g/mol. The second-order valence-corrected chi connectivity index (χ2v) is 9.96. The van der Waals surface area contributed by atoms with Gasteiger partial charge >= 0.3 is 0 Å². The molecule has 31 heavy (non-hydrogen) atoms. The first-order valence-electron chi connectivity index (χ1n) is 10.3. The van der Waals surface area contributed by atoms with Crippen LogP contribution in [0.4, 0.5) is 5.95 Å². The molecule has 9 heteroatoms. The van der Waals surface area contributed by atoms with Crippen molar-refractivity contribution >= 4 is 16.0 Å². The van der Waals surface area contributed by atoms with Crippen LogP contribution in [0.1, 0.15) is 6.42 Å². The van der Waals surface area contributed by atoms with E-state index in [4.69, 9.17) is 4.98 Å². The predicted octanol–water partition coefficient (Wildman–Crippen LogP) is 1.74. The van der Waals surface area contributed by atoms with E-state index in [2.05, 4.69) is 9.88 Å². The highest BCUT2D eigenvalue weighted by Gasteiger charge is 2.46. The fourth-order valence-corrected chi connectivity index (χ4v) is 6.10. The van der Waals surface area contributed by atoms with Crippen molar-refractivity contribution in [1.29, 1.82) is 0 Å². The molecule has 2 aliphatic rings. The molecule has 5 rings (SSSR count). The van der Waals surface area contributed by atoms with Crippen LogP contribution in [0, 0.1) is 5.92 Å². The van der Waals surface area contributed by atoms with E-state index in [1.54, 1.807) is 58.6 Å². The van der Waals surface area contributed by atoms with Crippen molar-refractivity contribution in [2.45, 2.75) is 17.4 Å². The summed E-state index contributed by atoms with van der Waals surface area (Å²) in [5.41, 5.74) is 1.27. The number of benzene rings is 1. The summed E-state index contributed by atoms with van der Waals surface area (Å²) in [5.74, 6) is 0.783. The van der Waals surface area contributed by atoms with E-state index in [1.165, 1.54) is 6.07 Å². The molecule has 2 saturated heterocycles. The summed E-state index contributed by atoms with van der Waals surface area (Å²) in [5, 5.41) is 0. The molecule has 160 valence electrons. The Morgan fingerprint density at radius 2 is 1.77 bits per heavy atom. The Balaban J connectivity index is 1.47. The van der Waals surface area contributed by atoms with E-state index < -0.39 is 10.0 Å². The van der Waals surface area contributed by atoms with Gasteiger partial charge in [0, 0.05) is 56.7 Å². The minimum atomic E-state index is -3.55. The first-order valence-corrected chi connectivity index (χ1v) is 11.7. The van der Waals surface area contributed by atoms with E-state index in [-0.39, 0.29) is 17.5 Å². The number of aromatic nitrogens is 3. The molecule has 4 heterocycles. The lowest BCUT2D eigenvalue weighted by molar-refractivity contribution is 0.451. The molecule has 0 radical (unpaired) electrons. The highest BCUT2D eigenvalue weighted by atomic mass is 32.2. The lowest BCUT2D eigenvalue weighted by Crippen LogP contribution is -2.40. The number of anilines is 1. The van der Waals surface area contributed by atoms with Crippen LogP contribution >= 0.6 is 0 Å². The highest BCUT2D eigenvalue weighted by molar-refractivity contribution is 7.89. The molecule has 2 aromatic heterocycles. The third-order valence-corrected chi connectivity index (χ3v) is 8.09. The fourth-order valence-electron chi connectivity index (χ4n) is 4.56.